The normalized spacial score (nSPS) is 10.5. The van der Waals surface area contributed by atoms with Gasteiger partial charge >= 0.3 is 0 Å². The number of amides is 1. The zero-order valence-electron chi connectivity index (χ0n) is 10.0. The number of halogens is 1. The van der Waals surface area contributed by atoms with Gasteiger partial charge in [0, 0.05) is 23.6 Å². The Bertz CT molecular complexity index is 574. The number of benzene rings is 1. The van der Waals surface area contributed by atoms with E-state index in [0.29, 0.717) is 6.54 Å². The van der Waals surface area contributed by atoms with E-state index < -0.39 is 0 Å². The molecule has 0 spiro atoms. The summed E-state index contributed by atoms with van der Waals surface area (Å²) in [4.78, 5) is 14.1. The van der Waals surface area contributed by atoms with Crippen LogP contribution in [0.2, 0.25) is 0 Å². The monoisotopic (exact) mass is 246 g/mol. The Labute approximate surface area is 105 Å². The van der Waals surface area contributed by atoms with E-state index in [1.807, 2.05) is 6.20 Å². The van der Waals surface area contributed by atoms with Gasteiger partial charge in [-0.2, -0.15) is 0 Å². The van der Waals surface area contributed by atoms with Gasteiger partial charge in [0.2, 0.25) is 5.91 Å². The van der Waals surface area contributed by atoms with Crippen LogP contribution in [-0.2, 0) is 11.2 Å². The second-order valence-electron chi connectivity index (χ2n) is 4.10. The van der Waals surface area contributed by atoms with Gasteiger partial charge in [0.1, 0.15) is 5.82 Å². The zero-order valence-corrected chi connectivity index (χ0v) is 10.0. The molecule has 0 unspecified atom stereocenters. The summed E-state index contributed by atoms with van der Waals surface area (Å²) in [5, 5.41) is 3.62. The standard InChI is InChI=1S/C14H15FN2O/c1-2-14(18)16-7-3-4-10-9-17-13-6-5-11(15)8-12(10)13/h2,5-6,8-9,17H,1,3-4,7H2,(H,16,18). The van der Waals surface area contributed by atoms with Crippen LogP contribution in [0, 0.1) is 5.82 Å². The van der Waals surface area contributed by atoms with Crippen LogP contribution in [0.1, 0.15) is 12.0 Å². The first-order chi connectivity index (χ1) is 8.70. The number of carbonyl (C=O) groups is 1. The van der Waals surface area contributed by atoms with Crippen molar-refractivity contribution in [2.24, 2.45) is 0 Å². The van der Waals surface area contributed by atoms with Gasteiger partial charge < -0.3 is 10.3 Å². The average molecular weight is 246 g/mol. The third-order valence-electron chi connectivity index (χ3n) is 2.84. The smallest absolute Gasteiger partial charge is 0.243 e. The predicted molar refractivity (Wildman–Crippen MR) is 69.8 cm³/mol. The van der Waals surface area contributed by atoms with Crippen molar-refractivity contribution in [3.05, 3.63) is 48.4 Å². The molecule has 18 heavy (non-hydrogen) atoms. The zero-order chi connectivity index (χ0) is 13.0. The molecule has 0 aliphatic carbocycles. The molecule has 0 aliphatic heterocycles. The quantitative estimate of drug-likeness (QED) is 0.618. The number of aryl methyl sites for hydroxylation is 1. The summed E-state index contributed by atoms with van der Waals surface area (Å²) in [7, 11) is 0. The summed E-state index contributed by atoms with van der Waals surface area (Å²) < 4.78 is 13.2. The molecule has 1 aromatic heterocycles. The van der Waals surface area contributed by atoms with Crippen molar-refractivity contribution in [2.45, 2.75) is 12.8 Å². The fraction of sp³-hybridized carbons (Fsp3) is 0.214. The number of hydrogen-bond acceptors (Lipinski definition) is 1. The van der Waals surface area contributed by atoms with E-state index in [1.165, 1.54) is 18.2 Å². The Kier molecular flexibility index (Phi) is 3.77. The topological polar surface area (TPSA) is 44.9 Å². The minimum atomic E-state index is -0.233. The number of nitrogens with one attached hydrogen (secondary N) is 2. The van der Waals surface area contributed by atoms with Crippen LogP contribution in [0.5, 0.6) is 0 Å². The van der Waals surface area contributed by atoms with Crippen molar-refractivity contribution < 1.29 is 9.18 Å². The molecule has 1 amide bonds. The van der Waals surface area contributed by atoms with Gasteiger partial charge in [-0.05, 0) is 42.7 Å². The molecule has 2 aromatic rings. The van der Waals surface area contributed by atoms with Crippen LogP contribution < -0.4 is 5.32 Å². The Balaban J connectivity index is 1.97. The number of carbonyl (C=O) groups excluding carboxylic acids is 1. The Morgan fingerprint density at radius 2 is 2.33 bits per heavy atom. The fourth-order valence-corrected chi connectivity index (χ4v) is 1.92. The molecule has 1 aromatic carbocycles. The highest BCUT2D eigenvalue weighted by molar-refractivity contribution is 5.86. The summed E-state index contributed by atoms with van der Waals surface area (Å²) >= 11 is 0. The van der Waals surface area contributed by atoms with Crippen LogP contribution >= 0.6 is 0 Å². The average Bonchev–Trinajstić information content (AvgIpc) is 2.77. The van der Waals surface area contributed by atoms with Crippen molar-refractivity contribution in [3.63, 3.8) is 0 Å². The highest BCUT2D eigenvalue weighted by Crippen LogP contribution is 2.20. The Hall–Kier alpha value is -2.10. The number of fused-ring (bicyclic) bond motifs is 1. The predicted octanol–water partition coefficient (Wildman–Crippen LogP) is 2.54. The van der Waals surface area contributed by atoms with E-state index in [4.69, 9.17) is 0 Å². The number of aromatic nitrogens is 1. The lowest BCUT2D eigenvalue weighted by atomic mass is 10.1. The molecule has 94 valence electrons. The van der Waals surface area contributed by atoms with Crippen molar-refractivity contribution in [1.82, 2.24) is 10.3 Å². The van der Waals surface area contributed by atoms with E-state index in [1.54, 1.807) is 6.07 Å². The number of rotatable bonds is 5. The van der Waals surface area contributed by atoms with Gasteiger partial charge in [0.25, 0.3) is 0 Å². The van der Waals surface area contributed by atoms with Gasteiger partial charge in [-0.25, -0.2) is 4.39 Å². The Morgan fingerprint density at radius 3 is 3.11 bits per heavy atom. The fourth-order valence-electron chi connectivity index (χ4n) is 1.92. The van der Waals surface area contributed by atoms with Crippen molar-refractivity contribution in [1.29, 1.82) is 0 Å². The molecule has 0 fully saturated rings. The number of H-pyrrole nitrogens is 1. The molecule has 0 atom stereocenters. The molecular weight excluding hydrogens is 231 g/mol. The van der Waals surface area contributed by atoms with E-state index in [0.717, 1.165) is 29.3 Å². The minimum Gasteiger partial charge on any atom is -0.361 e. The maximum absolute atomic E-state index is 13.2. The third-order valence-corrected chi connectivity index (χ3v) is 2.84. The molecule has 2 N–H and O–H groups in total. The molecule has 1 heterocycles. The minimum absolute atomic E-state index is 0.167. The van der Waals surface area contributed by atoms with Crippen molar-refractivity contribution >= 4 is 16.8 Å². The molecule has 4 heteroatoms. The second-order valence-corrected chi connectivity index (χ2v) is 4.10. The van der Waals surface area contributed by atoms with E-state index in [-0.39, 0.29) is 11.7 Å². The maximum atomic E-state index is 13.2. The summed E-state index contributed by atoms with van der Waals surface area (Å²) in [6.45, 7) is 3.97. The summed E-state index contributed by atoms with van der Waals surface area (Å²) in [6.07, 6.45) is 4.74. The van der Waals surface area contributed by atoms with Crippen molar-refractivity contribution in [2.75, 3.05) is 6.54 Å². The summed E-state index contributed by atoms with van der Waals surface area (Å²) in [5.74, 6) is -0.400. The SMILES string of the molecule is C=CC(=O)NCCCc1c[nH]c2ccc(F)cc12. The van der Waals surface area contributed by atoms with Gasteiger partial charge in [0.15, 0.2) is 0 Å². The van der Waals surface area contributed by atoms with Crippen LogP contribution in [-0.4, -0.2) is 17.4 Å². The number of aromatic amines is 1. The summed E-state index contributed by atoms with van der Waals surface area (Å²) in [5.41, 5.74) is 2.00. The molecule has 0 aliphatic rings. The first-order valence-corrected chi connectivity index (χ1v) is 5.86. The van der Waals surface area contributed by atoms with E-state index in [2.05, 4.69) is 16.9 Å². The van der Waals surface area contributed by atoms with Crippen LogP contribution in [0.25, 0.3) is 10.9 Å². The molecule has 0 saturated heterocycles. The van der Waals surface area contributed by atoms with Gasteiger partial charge in [0.05, 0.1) is 0 Å². The first-order valence-electron chi connectivity index (χ1n) is 5.86. The van der Waals surface area contributed by atoms with Crippen LogP contribution in [0.3, 0.4) is 0 Å². The van der Waals surface area contributed by atoms with Gasteiger partial charge in [-0.3, -0.25) is 4.79 Å². The molecule has 0 radical (unpaired) electrons. The molecule has 2 rings (SSSR count). The molecule has 0 bridgehead atoms. The third kappa shape index (κ3) is 2.77. The highest BCUT2D eigenvalue weighted by Gasteiger charge is 2.04. The molecular formula is C14H15FN2O. The lowest BCUT2D eigenvalue weighted by molar-refractivity contribution is -0.116. The van der Waals surface area contributed by atoms with Crippen LogP contribution in [0.15, 0.2) is 37.1 Å². The molecule has 0 saturated carbocycles. The van der Waals surface area contributed by atoms with Gasteiger partial charge in [-0.1, -0.05) is 6.58 Å². The van der Waals surface area contributed by atoms with Crippen LogP contribution in [0.4, 0.5) is 4.39 Å². The van der Waals surface area contributed by atoms with E-state index in [9.17, 15) is 9.18 Å². The van der Waals surface area contributed by atoms with E-state index >= 15 is 0 Å². The van der Waals surface area contributed by atoms with Gasteiger partial charge in [-0.15, -0.1) is 0 Å². The second kappa shape index (κ2) is 5.49. The lowest BCUT2D eigenvalue weighted by Crippen LogP contribution is -2.22. The molecule has 3 nitrogen and oxygen atoms in total. The summed E-state index contributed by atoms with van der Waals surface area (Å²) in [6, 6.07) is 4.70. The highest BCUT2D eigenvalue weighted by atomic mass is 19.1. The largest absolute Gasteiger partial charge is 0.361 e. The first kappa shape index (κ1) is 12.4. The lowest BCUT2D eigenvalue weighted by Gasteiger charge is -2.01. The van der Waals surface area contributed by atoms with Crippen molar-refractivity contribution in [3.8, 4) is 0 Å². The maximum Gasteiger partial charge on any atom is 0.243 e. The number of hydrogen-bond donors (Lipinski definition) is 2. The Morgan fingerprint density at radius 1 is 1.50 bits per heavy atom.